The lowest BCUT2D eigenvalue weighted by Crippen LogP contribution is -2.48. The van der Waals surface area contributed by atoms with Crippen LogP contribution in [0.4, 0.5) is 4.39 Å². The highest BCUT2D eigenvalue weighted by Crippen LogP contribution is 2.18. The van der Waals surface area contributed by atoms with Crippen LogP contribution in [0.1, 0.15) is 32.4 Å². The molecule has 0 aliphatic carbocycles. The number of rotatable bonds is 9. The van der Waals surface area contributed by atoms with E-state index in [1.54, 1.807) is 12.1 Å². The van der Waals surface area contributed by atoms with E-state index in [1.165, 1.54) is 6.07 Å². The van der Waals surface area contributed by atoms with Gasteiger partial charge in [0.25, 0.3) is 0 Å². The molecule has 1 aromatic rings. The summed E-state index contributed by atoms with van der Waals surface area (Å²) in [4.78, 5) is 9.45. The molecule has 0 aromatic heterocycles. The number of likely N-dealkylation sites (N-methyl/N-ethyl adjacent to an activating group) is 1. The van der Waals surface area contributed by atoms with Gasteiger partial charge in [-0.3, -0.25) is 9.89 Å². The smallest absolute Gasteiger partial charge is 0.191 e. The summed E-state index contributed by atoms with van der Waals surface area (Å²) >= 11 is 0. The Morgan fingerprint density at radius 3 is 2.55 bits per heavy atom. The summed E-state index contributed by atoms with van der Waals surface area (Å²) in [6.45, 7) is 12.3. The zero-order chi connectivity index (χ0) is 21.2. The monoisotopic (exact) mass is 407 g/mol. The highest BCUT2D eigenvalue weighted by molar-refractivity contribution is 5.79. The van der Waals surface area contributed by atoms with E-state index in [-0.39, 0.29) is 11.9 Å². The molecule has 29 heavy (non-hydrogen) atoms. The summed E-state index contributed by atoms with van der Waals surface area (Å²) in [6, 6.07) is 7.25. The summed E-state index contributed by atoms with van der Waals surface area (Å²) in [6.07, 6.45) is 0. The zero-order valence-corrected chi connectivity index (χ0v) is 18.6. The van der Waals surface area contributed by atoms with Crippen molar-refractivity contribution in [2.45, 2.75) is 32.9 Å². The van der Waals surface area contributed by atoms with E-state index in [9.17, 15) is 4.39 Å². The van der Waals surface area contributed by atoms with Gasteiger partial charge in [0.1, 0.15) is 5.82 Å². The van der Waals surface area contributed by atoms with E-state index < -0.39 is 0 Å². The van der Waals surface area contributed by atoms with E-state index in [1.807, 2.05) is 20.2 Å². The Hall–Kier alpha value is -1.70. The standard InChI is InChI=1S/C22H38FN5O/c1-6-24-22(25-15-20(17(2)3)28-10-12-29-13-11-28)26-16-21(27(4)5)18-8-7-9-19(23)14-18/h7-9,14,17,20-21H,6,10-13,15-16H2,1-5H3,(H2,24,25,26). The highest BCUT2D eigenvalue weighted by atomic mass is 19.1. The van der Waals surface area contributed by atoms with E-state index in [0.717, 1.165) is 50.9 Å². The molecule has 1 aliphatic heterocycles. The summed E-state index contributed by atoms with van der Waals surface area (Å²) in [5.74, 6) is 1.11. The lowest BCUT2D eigenvalue weighted by Gasteiger charge is -2.36. The fourth-order valence-corrected chi connectivity index (χ4v) is 3.69. The minimum Gasteiger partial charge on any atom is -0.379 e. The van der Waals surface area contributed by atoms with Gasteiger partial charge < -0.3 is 20.3 Å². The van der Waals surface area contributed by atoms with E-state index >= 15 is 0 Å². The van der Waals surface area contributed by atoms with E-state index in [0.29, 0.717) is 18.5 Å². The maximum absolute atomic E-state index is 13.7. The van der Waals surface area contributed by atoms with Gasteiger partial charge in [0.05, 0.1) is 25.8 Å². The molecule has 0 bridgehead atoms. The molecule has 2 rings (SSSR count). The third-order valence-corrected chi connectivity index (χ3v) is 5.38. The Labute approximate surface area is 175 Å². The number of ether oxygens (including phenoxy) is 1. The fraction of sp³-hybridized carbons (Fsp3) is 0.682. The first-order valence-corrected chi connectivity index (χ1v) is 10.7. The van der Waals surface area contributed by atoms with Crippen molar-refractivity contribution in [1.82, 2.24) is 20.4 Å². The van der Waals surface area contributed by atoms with Crippen LogP contribution >= 0.6 is 0 Å². The molecular weight excluding hydrogens is 369 g/mol. The van der Waals surface area contributed by atoms with Crippen molar-refractivity contribution in [3.63, 3.8) is 0 Å². The number of halogens is 1. The molecular formula is C22H38FN5O. The van der Waals surface area contributed by atoms with Crippen LogP contribution in [-0.4, -0.2) is 81.8 Å². The Kier molecular flexibility index (Phi) is 9.84. The van der Waals surface area contributed by atoms with Gasteiger partial charge in [0, 0.05) is 32.2 Å². The molecule has 2 N–H and O–H groups in total. The van der Waals surface area contributed by atoms with Gasteiger partial charge in [-0.2, -0.15) is 0 Å². The SMILES string of the molecule is CCNC(=NCC(C(C)C)N1CCOCC1)NCC(c1cccc(F)c1)N(C)C. The molecule has 7 heteroatoms. The van der Waals surface area contributed by atoms with Gasteiger partial charge in [0.15, 0.2) is 5.96 Å². The maximum Gasteiger partial charge on any atom is 0.191 e. The summed E-state index contributed by atoms with van der Waals surface area (Å²) in [5, 5.41) is 6.79. The van der Waals surface area contributed by atoms with Crippen molar-refractivity contribution in [2.75, 3.05) is 60.0 Å². The molecule has 1 heterocycles. The van der Waals surface area contributed by atoms with Crippen molar-refractivity contribution >= 4 is 5.96 Å². The normalized spacial score (nSPS) is 18.1. The number of benzene rings is 1. The first-order chi connectivity index (χ1) is 13.9. The minimum absolute atomic E-state index is 0.0506. The lowest BCUT2D eigenvalue weighted by molar-refractivity contribution is 0.00867. The quantitative estimate of drug-likeness (QED) is 0.486. The third kappa shape index (κ3) is 7.57. The van der Waals surface area contributed by atoms with Gasteiger partial charge in [0.2, 0.25) is 0 Å². The molecule has 1 aromatic carbocycles. The topological polar surface area (TPSA) is 52.1 Å². The Morgan fingerprint density at radius 2 is 1.97 bits per heavy atom. The molecule has 164 valence electrons. The van der Waals surface area contributed by atoms with E-state index in [2.05, 4.69) is 41.2 Å². The van der Waals surface area contributed by atoms with Crippen LogP contribution in [0, 0.1) is 11.7 Å². The number of morpholine rings is 1. The average Bonchev–Trinajstić information content (AvgIpc) is 2.68. The molecule has 0 saturated carbocycles. The second-order valence-electron chi connectivity index (χ2n) is 8.09. The molecule has 0 amide bonds. The predicted molar refractivity (Wildman–Crippen MR) is 118 cm³/mol. The summed E-state index contributed by atoms with van der Waals surface area (Å²) < 4.78 is 19.2. The van der Waals surface area contributed by atoms with Crippen molar-refractivity contribution < 1.29 is 9.13 Å². The van der Waals surface area contributed by atoms with Crippen LogP contribution in [-0.2, 0) is 4.74 Å². The van der Waals surface area contributed by atoms with Gasteiger partial charge in [-0.15, -0.1) is 0 Å². The molecule has 2 atom stereocenters. The van der Waals surface area contributed by atoms with Crippen molar-refractivity contribution in [2.24, 2.45) is 10.9 Å². The van der Waals surface area contributed by atoms with Gasteiger partial charge >= 0.3 is 0 Å². The van der Waals surface area contributed by atoms with Gasteiger partial charge in [-0.25, -0.2) is 4.39 Å². The average molecular weight is 408 g/mol. The van der Waals surface area contributed by atoms with Crippen molar-refractivity contribution in [3.8, 4) is 0 Å². The van der Waals surface area contributed by atoms with Crippen LogP contribution < -0.4 is 10.6 Å². The molecule has 0 radical (unpaired) electrons. The number of guanidine groups is 1. The van der Waals surface area contributed by atoms with Gasteiger partial charge in [-0.05, 0) is 44.6 Å². The summed E-state index contributed by atoms with van der Waals surface area (Å²) in [7, 11) is 4.02. The largest absolute Gasteiger partial charge is 0.379 e. The molecule has 2 unspecified atom stereocenters. The number of nitrogens with one attached hydrogen (secondary N) is 2. The van der Waals surface area contributed by atoms with Gasteiger partial charge in [-0.1, -0.05) is 26.0 Å². The number of hydrogen-bond donors (Lipinski definition) is 2. The van der Waals surface area contributed by atoms with Crippen LogP contribution in [0.15, 0.2) is 29.3 Å². The lowest BCUT2D eigenvalue weighted by atomic mass is 10.0. The molecule has 0 spiro atoms. The minimum atomic E-state index is -0.208. The second kappa shape index (κ2) is 12.1. The summed E-state index contributed by atoms with van der Waals surface area (Å²) in [5.41, 5.74) is 0.951. The number of aliphatic imine (C=N–C) groups is 1. The van der Waals surface area contributed by atoms with Crippen molar-refractivity contribution in [1.29, 1.82) is 0 Å². The van der Waals surface area contributed by atoms with Crippen LogP contribution in [0.2, 0.25) is 0 Å². The van der Waals surface area contributed by atoms with Crippen molar-refractivity contribution in [3.05, 3.63) is 35.6 Å². The molecule has 6 nitrogen and oxygen atoms in total. The highest BCUT2D eigenvalue weighted by Gasteiger charge is 2.23. The first-order valence-electron chi connectivity index (χ1n) is 10.7. The number of nitrogens with zero attached hydrogens (tertiary/aromatic N) is 3. The maximum atomic E-state index is 13.7. The van der Waals surface area contributed by atoms with Crippen LogP contribution in [0.3, 0.4) is 0 Å². The van der Waals surface area contributed by atoms with Crippen LogP contribution in [0.5, 0.6) is 0 Å². The predicted octanol–water partition coefficient (Wildman–Crippen LogP) is 2.34. The Balaban J connectivity index is 2.04. The zero-order valence-electron chi connectivity index (χ0n) is 18.6. The van der Waals surface area contributed by atoms with E-state index in [4.69, 9.17) is 9.73 Å². The molecule has 1 saturated heterocycles. The Morgan fingerprint density at radius 1 is 1.24 bits per heavy atom. The molecule has 1 aliphatic rings. The Bertz CT molecular complexity index is 631. The fourth-order valence-electron chi connectivity index (χ4n) is 3.69. The second-order valence-corrected chi connectivity index (χ2v) is 8.09. The third-order valence-electron chi connectivity index (χ3n) is 5.38. The number of hydrogen-bond acceptors (Lipinski definition) is 4. The first kappa shape index (κ1) is 23.6. The molecule has 1 fully saturated rings. The van der Waals surface area contributed by atoms with Crippen LogP contribution in [0.25, 0.3) is 0 Å².